The van der Waals surface area contributed by atoms with Gasteiger partial charge >= 0.3 is 0 Å². The van der Waals surface area contributed by atoms with Crippen molar-refractivity contribution in [2.24, 2.45) is 9.98 Å². The summed E-state index contributed by atoms with van der Waals surface area (Å²) in [5.41, 5.74) is 12.6. The molecule has 8 aromatic carbocycles. The molecule has 0 bridgehead atoms. The van der Waals surface area contributed by atoms with Crippen LogP contribution in [0, 0.1) is 6.92 Å². The van der Waals surface area contributed by atoms with Gasteiger partial charge in [-0.25, -0.2) is 9.98 Å². The molecule has 274 valence electrons. The number of nitrogens with zero attached hydrogens (tertiary/aromatic N) is 4. The molecule has 6 nitrogen and oxygen atoms in total. The summed E-state index contributed by atoms with van der Waals surface area (Å²) in [6.07, 6.45) is -0.275. The number of benzene rings is 8. The molecule has 6 heteroatoms. The molecule has 0 aliphatic carbocycles. The number of furan rings is 1. The number of aromatic nitrogens is 2. The van der Waals surface area contributed by atoms with Crippen LogP contribution in [0.3, 0.4) is 0 Å². The molecule has 3 aromatic heterocycles. The van der Waals surface area contributed by atoms with Crippen LogP contribution in [0.2, 0.25) is 0 Å². The number of hydrogen-bond acceptors (Lipinski definition) is 4. The fourth-order valence-electron chi connectivity index (χ4n) is 9.15. The highest BCUT2D eigenvalue weighted by atomic mass is 16.3. The van der Waals surface area contributed by atoms with Crippen molar-refractivity contribution >= 4 is 77.2 Å². The third-order valence-electron chi connectivity index (χ3n) is 11.7. The summed E-state index contributed by atoms with van der Waals surface area (Å²) in [7, 11) is 0. The normalized spacial score (nSPS) is 14.5. The molecular weight excluding hydrogens is 711 g/mol. The minimum Gasteiger partial charge on any atom is -0.454 e. The van der Waals surface area contributed by atoms with Gasteiger partial charge in [0.2, 0.25) is 0 Å². The van der Waals surface area contributed by atoms with Crippen LogP contribution in [-0.2, 0) is 0 Å². The Kier molecular flexibility index (Phi) is 7.10. The van der Waals surface area contributed by atoms with E-state index in [1.54, 1.807) is 0 Å². The second-order valence-electron chi connectivity index (χ2n) is 15.0. The van der Waals surface area contributed by atoms with Gasteiger partial charge in [0.1, 0.15) is 17.6 Å². The van der Waals surface area contributed by atoms with Crippen LogP contribution in [0.25, 0.3) is 76.9 Å². The van der Waals surface area contributed by atoms with Crippen molar-refractivity contribution in [2.45, 2.75) is 13.1 Å². The topological polar surface area (TPSA) is 59.8 Å². The zero-order chi connectivity index (χ0) is 38.3. The predicted octanol–water partition coefficient (Wildman–Crippen LogP) is 12.6. The quantitative estimate of drug-likeness (QED) is 0.191. The van der Waals surface area contributed by atoms with Crippen molar-refractivity contribution in [3.05, 3.63) is 204 Å². The van der Waals surface area contributed by atoms with Gasteiger partial charge in [-0.3, -0.25) is 0 Å². The number of aliphatic imine (C=N–C) groups is 2. The Morgan fingerprint density at radius 3 is 1.86 bits per heavy atom. The SMILES string of the molecule is Cc1cc(C2=NC(c3ccccc3)NC(c3ccccc3)=N2)ccc1-n1c2ccccc2c2c3c4ccccc4n(-c4ccccc4)c3c3c4ccccc4oc3c21. The second kappa shape index (κ2) is 12.7. The van der Waals surface area contributed by atoms with E-state index in [2.05, 4.69) is 179 Å². The molecule has 4 heterocycles. The summed E-state index contributed by atoms with van der Waals surface area (Å²) < 4.78 is 11.9. The molecule has 1 unspecified atom stereocenters. The van der Waals surface area contributed by atoms with Crippen LogP contribution >= 0.6 is 0 Å². The summed E-state index contributed by atoms with van der Waals surface area (Å²) in [5, 5.41) is 10.6. The first-order chi connectivity index (χ1) is 28.7. The first-order valence-electron chi connectivity index (χ1n) is 19.7. The summed E-state index contributed by atoms with van der Waals surface area (Å²) in [5.74, 6) is 1.49. The number of nitrogens with one attached hydrogen (secondary N) is 1. The molecule has 0 spiro atoms. The van der Waals surface area contributed by atoms with Crippen molar-refractivity contribution in [3.63, 3.8) is 0 Å². The summed E-state index contributed by atoms with van der Waals surface area (Å²) in [6.45, 7) is 2.19. The van der Waals surface area contributed by atoms with E-state index in [1.165, 1.54) is 21.5 Å². The highest BCUT2D eigenvalue weighted by Gasteiger charge is 2.28. The maximum atomic E-state index is 7.04. The maximum Gasteiger partial charge on any atom is 0.162 e. The predicted molar refractivity (Wildman–Crippen MR) is 239 cm³/mol. The highest BCUT2D eigenvalue weighted by molar-refractivity contribution is 6.39. The van der Waals surface area contributed by atoms with E-state index in [9.17, 15) is 0 Å². The first kappa shape index (κ1) is 32.5. The lowest BCUT2D eigenvalue weighted by Gasteiger charge is -2.24. The Labute approximate surface area is 333 Å². The van der Waals surface area contributed by atoms with Gasteiger partial charge in [0.15, 0.2) is 11.4 Å². The van der Waals surface area contributed by atoms with Crippen molar-refractivity contribution in [3.8, 4) is 11.4 Å². The van der Waals surface area contributed by atoms with Gasteiger partial charge in [-0.1, -0.05) is 133 Å². The first-order valence-corrected chi connectivity index (χ1v) is 19.7. The van der Waals surface area contributed by atoms with E-state index in [-0.39, 0.29) is 6.17 Å². The smallest absolute Gasteiger partial charge is 0.162 e. The second-order valence-corrected chi connectivity index (χ2v) is 15.0. The number of amidine groups is 2. The van der Waals surface area contributed by atoms with Gasteiger partial charge in [-0.2, -0.15) is 0 Å². The van der Waals surface area contributed by atoms with E-state index >= 15 is 0 Å². The molecule has 1 atom stereocenters. The molecule has 0 amide bonds. The lowest BCUT2D eigenvalue weighted by molar-refractivity contribution is 0.671. The Balaban J connectivity index is 1.15. The number of para-hydroxylation sites is 4. The molecule has 0 saturated carbocycles. The zero-order valence-corrected chi connectivity index (χ0v) is 31.6. The number of hydrogen-bond donors (Lipinski definition) is 1. The summed E-state index contributed by atoms with van der Waals surface area (Å²) in [6, 6.07) is 63.9. The van der Waals surface area contributed by atoms with E-state index < -0.39 is 0 Å². The van der Waals surface area contributed by atoms with Crippen molar-refractivity contribution in [1.29, 1.82) is 0 Å². The molecule has 1 N–H and O–H groups in total. The molecule has 12 rings (SSSR count). The Morgan fingerprint density at radius 1 is 0.534 bits per heavy atom. The standard InChI is InChI=1S/C52H35N5O/c1-32-31-35(52-54-50(33-17-5-2-6-18-33)53-51(55-52)34-19-7-3-8-20-34)29-30-40(32)57-42-27-15-12-24-38(42)45-44-37-23-11-14-26-41(37)56(36-21-9-4-10-22-36)47(44)46-39-25-13-16-28-43(39)58-49(46)48(45)57/h2-31,50H,1H3,(H,53,54,55). The molecule has 0 saturated heterocycles. The zero-order valence-electron chi connectivity index (χ0n) is 31.6. The minimum atomic E-state index is -0.275. The molecule has 1 aliphatic heterocycles. The van der Waals surface area contributed by atoms with Gasteiger partial charge < -0.3 is 18.9 Å². The molecule has 1 aliphatic rings. The monoisotopic (exact) mass is 745 g/mol. The van der Waals surface area contributed by atoms with E-state index in [1.807, 2.05) is 24.3 Å². The summed E-state index contributed by atoms with van der Waals surface area (Å²) >= 11 is 0. The fourth-order valence-corrected chi connectivity index (χ4v) is 9.15. The Morgan fingerprint density at radius 2 is 1.14 bits per heavy atom. The molecule has 11 aromatic rings. The Bertz CT molecular complexity index is 3480. The van der Waals surface area contributed by atoms with Crippen LogP contribution < -0.4 is 5.32 Å². The minimum absolute atomic E-state index is 0.275. The van der Waals surface area contributed by atoms with Crippen molar-refractivity contribution in [1.82, 2.24) is 14.5 Å². The van der Waals surface area contributed by atoms with Gasteiger partial charge in [-0.05, 0) is 66.6 Å². The lowest BCUT2D eigenvalue weighted by atomic mass is 10.0. The van der Waals surface area contributed by atoms with Crippen LogP contribution in [-0.4, -0.2) is 20.8 Å². The fraction of sp³-hybridized carbons (Fsp3) is 0.0385. The summed E-state index contributed by atoms with van der Waals surface area (Å²) in [4.78, 5) is 10.3. The van der Waals surface area contributed by atoms with Gasteiger partial charge in [-0.15, -0.1) is 0 Å². The third kappa shape index (κ3) is 4.78. The van der Waals surface area contributed by atoms with E-state index in [0.717, 1.165) is 83.5 Å². The van der Waals surface area contributed by atoms with E-state index in [0.29, 0.717) is 5.84 Å². The van der Waals surface area contributed by atoms with Gasteiger partial charge in [0.25, 0.3) is 0 Å². The van der Waals surface area contributed by atoms with Gasteiger partial charge in [0.05, 0.1) is 27.5 Å². The average Bonchev–Trinajstić information content (AvgIpc) is 3.95. The van der Waals surface area contributed by atoms with Crippen LogP contribution in [0.1, 0.15) is 28.4 Å². The molecule has 58 heavy (non-hydrogen) atoms. The lowest BCUT2D eigenvalue weighted by Crippen LogP contribution is -2.33. The largest absolute Gasteiger partial charge is 0.454 e. The number of rotatable bonds is 5. The maximum absolute atomic E-state index is 7.04. The van der Waals surface area contributed by atoms with Crippen molar-refractivity contribution in [2.75, 3.05) is 0 Å². The van der Waals surface area contributed by atoms with Crippen LogP contribution in [0.5, 0.6) is 0 Å². The third-order valence-corrected chi connectivity index (χ3v) is 11.7. The molecule has 0 fully saturated rings. The molecular formula is C52H35N5O. The number of aryl methyl sites for hydroxylation is 1. The Hall–Kier alpha value is -7.70. The van der Waals surface area contributed by atoms with Crippen LogP contribution in [0.4, 0.5) is 0 Å². The van der Waals surface area contributed by atoms with Crippen molar-refractivity contribution < 1.29 is 4.42 Å². The highest BCUT2D eigenvalue weighted by Crippen LogP contribution is 2.49. The van der Waals surface area contributed by atoms with Gasteiger partial charge in [0, 0.05) is 49.4 Å². The van der Waals surface area contributed by atoms with E-state index in [4.69, 9.17) is 14.4 Å². The molecule has 0 radical (unpaired) electrons. The number of fused-ring (bicyclic) bond motifs is 12. The average molecular weight is 746 g/mol. The van der Waals surface area contributed by atoms with Crippen LogP contribution in [0.15, 0.2) is 196 Å².